The van der Waals surface area contributed by atoms with Crippen LogP contribution in [0.1, 0.15) is 5.56 Å². The lowest BCUT2D eigenvalue weighted by atomic mass is 10.2. The molecule has 0 saturated heterocycles. The molecule has 0 bridgehead atoms. The Morgan fingerprint density at radius 3 is 2.07 bits per heavy atom. The fourth-order valence-corrected chi connectivity index (χ4v) is 2.63. The van der Waals surface area contributed by atoms with E-state index in [0.29, 0.717) is 11.8 Å². The minimum absolute atomic E-state index is 0.540. The van der Waals surface area contributed by atoms with Crippen molar-refractivity contribution < 1.29 is 4.74 Å². The number of anilines is 4. The first-order valence-corrected chi connectivity index (χ1v) is 9.01. The maximum absolute atomic E-state index is 5.81. The fourth-order valence-electron chi connectivity index (χ4n) is 2.63. The summed E-state index contributed by atoms with van der Waals surface area (Å²) in [6, 6.07) is 27.4. The number of aryl methyl sites for hydroxylation is 1. The van der Waals surface area contributed by atoms with Gasteiger partial charge in [0.25, 0.3) is 0 Å². The summed E-state index contributed by atoms with van der Waals surface area (Å²) < 4.78 is 5.81. The average molecular weight is 368 g/mol. The van der Waals surface area contributed by atoms with Crippen LogP contribution in [0.4, 0.5) is 23.1 Å². The Kier molecular flexibility index (Phi) is 5.15. The molecule has 5 heteroatoms. The molecule has 0 saturated carbocycles. The Morgan fingerprint density at radius 1 is 0.679 bits per heavy atom. The quantitative estimate of drug-likeness (QED) is 0.433. The van der Waals surface area contributed by atoms with E-state index in [0.717, 1.165) is 22.9 Å². The molecule has 0 spiro atoms. The van der Waals surface area contributed by atoms with E-state index in [1.54, 1.807) is 6.20 Å². The molecule has 1 aromatic heterocycles. The van der Waals surface area contributed by atoms with Crippen LogP contribution in [0.3, 0.4) is 0 Å². The molecule has 0 aliphatic rings. The minimum Gasteiger partial charge on any atom is -0.457 e. The topological polar surface area (TPSA) is 59.1 Å². The Bertz CT molecular complexity index is 1030. The first-order chi connectivity index (χ1) is 13.7. The average Bonchev–Trinajstić information content (AvgIpc) is 2.72. The van der Waals surface area contributed by atoms with E-state index in [1.165, 1.54) is 5.56 Å². The smallest absolute Gasteiger partial charge is 0.229 e. The number of ether oxygens (including phenoxy) is 1. The van der Waals surface area contributed by atoms with Crippen LogP contribution in [0.5, 0.6) is 11.5 Å². The van der Waals surface area contributed by atoms with Gasteiger partial charge < -0.3 is 15.4 Å². The molecule has 0 unspecified atom stereocenters. The highest BCUT2D eigenvalue weighted by Crippen LogP contribution is 2.24. The van der Waals surface area contributed by atoms with Gasteiger partial charge in [0, 0.05) is 17.6 Å². The number of rotatable bonds is 6. The molecule has 2 N–H and O–H groups in total. The van der Waals surface area contributed by atoms with E-state index in [4.69, 9.17) is 4.74 Å². The van der Waals surface area contributed by atoms with Crippen molar-refractivity contribution in [2.24, 2.45) is 0 Å². The fraction of sp³-hybridized carbons (Fsp3) is 0.0435. The second-order valence-electron chi connectivity index (χ2n) is 6.32. The lowest BCUT2D eigenvalue weighted by Crippen LogP contribution is -2.00. The van der Waals surface area contributed by atoms with Crippen molar-refractivity contribution >= 4 is 23.1 Å². The highest BCUT2D eigenvalue weighted by Gasteiger charge is 2.02. The van der Waals surface area contributed by atoms with Crippen LogP contribution in [0, 0.1) is 6.92 Å². The summed E-state index contributed by atoms with van der Waals surface area (Å²) in [6.45, 7) is 2.06. The number of nitrogens with one attached hydrogen (secondary N) is 2. The van der Waals surface area contributed by atoms with Gasteiger partial charge in [-0.3, -0.25) is 0 Å². The summed E-state index contributed by atoms with van der Waals surface area (Å²) in [4.78, 5) is 8.79. The monoisotopic (exact) mass is 368 g/mol. The van der Waals surface area contributed by atoms with Gasteiger partial charge in [0.15, 0.2) is 0 Å². The van der Waals surface area contributed by atoms with E-state index in [1.807, 2.05) is 84.9 Å². The Morgan fingerprint density at radius 2 is 1.32 bits per heavy atom. The van der Waals surface area contributed by atoms with Crippen LogP contribution in [0.25, 0.3) is 0 Å². The Hall–Kier alpha value is -3.86. The van der Waals surface area contributed by atoms with Gasteiger partial charge in [-0.1, -0.05) is 35.9 Å². The predicted octanol–water partition coefficient (Wildman–Crippen LogP) is 6.06. The number of hydrogen-bond acceptors (Lipinski definition) is 5. The van der Waals surface area contributed by atoms with Crippen LogP contribution in [0.15, 0.2) is 91.1 Å². The third-order valence-corrected chi connectivity index (χ3v) is 4.07. The van der Waals surface area contributed by atoms with E-state index >= 15 is 0 Å². The highest BCUT2D eigenvalue weighted by molar-refractivity contribution is 5.60. The van der Waals surface area contributed by atoms with Crippen molar-refractivity contribution in [3.05, 3.63) is 96.7 Å². The summed E-state index contributed by atoms with van der Waals surface area (Å²) in [6.07, 6.45) is 1.72. The van der Waals surface area contributed by atoms with Gasteiger partial charge in [0.1, 0.15) is 17.3 Å². The van der Waals surface area contributed by atoms with Gasteiger partial charge in [0.05, 0.1) is 0 Å². The standard InChI is InChI=1S/C23H20N4O/c1-17-7-9-19(10-8-17)26-23-24-16-15-22(27-23)25-18-11-13-21(14-12-18)28-20-5-3-2-4-6-20/h2-16H,1H3,(H2,24,25,26,27). The minimum atomic E-state index is 0.540. The van der Waals surface area contributed by atoms with Gasteiger partial charge in [-0.15, -0.1) is 0 Å². The first kappa shape index (κ1) is 17.5. The van der Waals surface area contributed by atoms with Crippen LogP contribution in [-0.2, 0) is 0 Å². The second kappa shape index (κ2) is 8.22. The van der Waals surface area contributed by atoms with E-state index in [-0.39, 0.29) is 0 Å². The zero-order valence-electron chi connectivity index (χ0n) is 15.5. The van der Waals surface area contributed by atoms with E-state index < -0.39 is 0 Å². The molecule has 4 rings (SSSR count). The summed E-state index contributed by atoms with van der Waals surface area (Å²) in [5.74, 6) is 2.84. The summed E-state index contributed by atoms with van der Waals surface area (Å²) in [7, 11) is 0. The lowest BCUT2D eigenvalue weighted by Gasteiger charge is -2.10. The number of hydrogen-bond donors (Lipinski definition) is 2. The molecular weight excluding hydrogens is 348 g/mol. The summed E-state index contributed by atoms with van der Waals surface area (Å²) >= 11 is 0. The maximum atomic E-state index is 5.81. The van der Waals surface area contributed by atoms with Crippen LogP contribution in [-0.4, -0.2) is 9.97 Å². The lowest BCUT2D eigenvalue weighted by molar-refractivity contribution is 0.483. The number of para-hydroxylation sites is 1. The van der Waals surface area contributed by atoms with Crippen LogP contribution in [0.2, 0.25) is 0 Å². The molecule has 0 amide bonds. The zero-order chi connectivity index (χ0) is 19.2. The normalized spacial score (nSPS) is 10.3. The van der Waals surface area contributed by atoms with E-state index in [9.17, 15) is 0 Å². The van der Waals surface area contributed by atoms with Crippen molar-refractivity contribution in [3.8, 4) is 11.5 Å². The van der Waals surface area contributed by atoms with Gasteiger partial charge in [-0.2, -0.15) is 4.98 Å². The SMILES string of the molecule is Cc1ccc(Nc2nccc(Nc3ccc(Oc4ccccc4)cc3)n2)cc1. The molecule has 138 valence electrons. The molecule has 0 radical (unpaired) electrons. The van der Waals surface area contributed by atoms with Crippen molar-refractivity contribution in [2.75, 3.05) is 10.6 Å². The number of nitrogens with zero attached hydrogens (tertiary/aromatic N) is 2. The van der Waals surface area contributed by atoms with Gasteiger partial charge in [0.2, 0.25) is 5.95 Å². The molecule has 1 heterocycles. The van der Waals surface area contributed by atoms with Crippen molar-refractivity contribution in [3.63, 3.8) is 0 Å². The van der Waals surface area contributed by atoms with Gasteiger partial charge in [-0.25, -0.2) is 4.98 Å². The summed E-state index contributed by atoms with van der Waals surface area (Å²) in [5.41, 5.74) is 3.08. The Labute approximate surface area is 164 Å². The molecule has 0 atom stereocenters. The molecule has 3 aromatic carbocycles. The highest BCUT2D eigenvalue weighted by atomic mass is 16.5. The zero-order valence-corrected chi connectivity index (χ0v) is 15.5. The maximum Gasteiger partial charge on any atom is 0.229 e. The van der Waals surface area contributed by atoms with Crippen molar-refractivity contribution in [1.29, 1.82) is 0 Å². The molecule has 5 nitrogen and oxygen atoms in total. The van der Waals surface area contributed by atoms with Gasteiger partial charge in [-0.05, 0) is 61.5 Å². The van der Waals surface area contributed by atoms with E-state index in [2.05, 4.69) is 27.5 Å². The third-order valence-electron chi connectivity index (χ3n) is 4.07. The molecule has 0 aliphatic heterocycles. The molecular formula is C23H20N4O. The number of aromatic nitrogens is 2. The predicted molar refractivity (Wildman–Crippen MR) is 113 cm³/mol. The second-order valence-corrected chi connectivity index (χ2v) is 6.32. The van der Waals surface area contributed by atoms with Crippen molar-refractivity contribution in [2.45, 2.75) is 6.92 Å². The van der Waals surface area contributed by atoms with Crippen molar-refractivity contribution in [1.82, 2.24) is 9.97 Å². The van der Waals surface area contributed by atoms with Gasteiger partial charge >= 0.3 is 0 Å². The third kappa shape index (κ3) is 4.65. The molecule has 28 heavy (non-hydrogen) atoms. The molecule has 4 aromatic rings. The Balaban J connectivity index is 1.42. The molecule has 0 aliphatic carbocycles. The first-order valence-electron chi connectivity index (χ1n) is 9.01. The summed E-state index contributed by atoms with van der Waals surface area (Å²) in [5, 5.41) is 6.50. The molecule has 0 fully saturated rings. The van der Waals surface area contributed by atoms with Crippen LogP contribution < -0.4 is 15.4 Å². The largest absolute Gasteiger partial charge is 0.457 e. The number of benzene rings is 3. The van der Waals surface area contributed by atoms with Crippen LogP contribution >= 0.6 is 0 Å².